The second-order valence-corrected chi connectivity index (χ2v) is 5.23. The topological polar surface area (TPSA) is 24.9 Å². The Balaban J connectivity index is 2.53. The standard InChI is InChI=1S/C15H16BrFN2/c1-3-10-9-19-7-6-12(10)15(18-2)13-8-11(16)4-5-14(13)17/h4-9,15,18H,3H2,1-2H3. The SMILES string of the molecule is CCc1cnccc1C(NC)c1cc(Br)ccc1F. The Morgan fingerprint density at radius 3 is 2.79 bits per heavy atom. The average molecular weight is 323 g/mol. The number of halogens is 2. The summed E-state index contributed by atoms with van der Waals surface area (Å²) in [6.45, 7) is 2.07. The summed E-state index contributed by atoms with van der Waals surface area (Å²) in [6.07, 6.45) is 4.46. The van der Waals surface area contributed by atoms with Crippen molar-refractivity contribution in [3.63, 3.8) is 0 Å². The second kappa shape index (κ2) is 6.26. The first kappa shape index (κ1) is 14.2. The van der Waals surface area contributed by atoms with Crippen molar-refractivity contribution in [1.82, 2.24) is 10.3 Å². The summed E-state index contributed by atoms with van der Waals surface area (Å²) in [5.41, 5.74) is 2.83. The number of aromatic nitrogens is 1. The largest absolute Gasteiger partial charge is 0.309 e. The Kier molecular flexibility index (Phi) is 4.66. The molecular formula is C15H16BrFN2. The van der Waals surface area contributed by atoms with Crippen LogP contribution in [-0.4, -0.2) is 12.0 Å². The molecule has 1 unspecified atom stereocenters. The fourth-order valence-electron chi connectivity index (χ4n) is 2.23. The van der Waals surface area contributed by atoms with E-state index in [1.54, 1.807) is 12.3 Å². The van der Waals surface area contributed by atoms with Gasteiger partial charge in [-0.15, -0.1) is 0 Å². The number of benzene rings is 1. The van der Waals surface area contributed by atoms with Gasteiger partial charge < -0.3 is 5.32 Å². The van der Waals surface area contributed by atoms with E-state index in [-0.39, 0.29) is 11.9 Å². The molecule has 0 bridgehead atoms. The zero-order valence-corrected chi connectivity index (χ0v) is 12.5. The zero-order valence-electron chi connectivity index (χ0n) is 11.0. The Morgan fingerprint density at radius 2 is 2.11 bits per heavy atom. The van der Waals surface area contributed by atoms with Gasteiger partial charge in [-0.1, -0.05) is 22.9 Å². The molecule has 1 atom stereocenters. The number of hydrogen-bond acceptors (Lipinski definition) is 2. The van der Waals surface area contributed by atoms with E-state index in [0.29, 0.717) is 5.56 Å². The third-order valence-electron chi connectivity index (χ3n) is 3.19. The molecule has 0 amide bonds. The molecule has 0 spiro atoms. The van der Waals surface area contributed by atoms with Crippen LogP contribution in [0.3, 0.4) is 0 Å². The summed E-state index contributed by atoms with van der Waals surface area (Å²) in [4.78, 5) is 4.14. The Hall–Kier alpha value is -1.26. The molecule has 0 aliphatic carbocycles. The Bertz CT molecular complexity index is 572. The molecule has 2 aromatic rings. The molecule has 1 aromatic carbocycles. The highest BCUT2D eigenvalue weighted by atomic mass is 79.9. The van der Waals surface area contributed by atoms with Crippen LogP contribution in [0.1, 0.15) is 29.7 Å². The lowest BCUT2D eigenvalue weighted by Crippen LogP contribution is -2.20. The summed E-state index contributed by atoms with van der Waals surface area (Å²) in [5.74, 6) is -0.207. The van der Waals surface area contributed by atoms with E-state index in [0.717, 1.165) is 22.0 Å². The van der Waals surface area contributed by atoms with Crippen LogP contribution in [0.2, 0.25) is 0 Å². The minimum atomic E-state index is -0.207. The van der Waals surface area contributed by atoms with E-state index in [1.165, 1.54) is 6.07 Å². The van der Waals surface area contributed by atoms with E-state index < -0.39 is 0 Å². The fourth-order valence-corrected chi connectivity index (χ4v) is 2.61. The maximum Gasteiger partial charge on any atom is 0.128 e. The number of hydrogen-bond donors (Lipinski definition) is 1. The molecule has 2 rings (SSSR count). The van der Waals surface area contributed by atoms with Crippen LogP contribution in [0, 0.1) is 5.82 Å². The van der Waals surface area contributed by atoms with Crippen LogP contribution in [-0.2, 0) is 6.42 Å². The number of rotatable bonds is 4. The lowest BCUT2D eigenvalue weighted by atomic mass is 9.94. The molecule has 0 saturated carbocycles. The van der Waals surface area contributed by atoms with E-state index in [2.05, 4.69) is 33.2 Å². The molecule has 100 valence electrons. The molecule has 0 aliphatic heterocycles. The summed E-state index contributed by atoms with van der Waals surface area (Å²) in [6, 6.07) is 6.78. The second-order valence-electron chi connectivity index (χ2n) is 4.32. The molecule has 4 heteroatoms. The molecule has 1 N–H and O–H groups in total. The number of nitrogens with zero attached hydrogens (tertiary/aromatic N) is 1. The van der Waals surface area contributed by atoms with E-state index >= 15 is 0 Å². The van der Waals surface area contributed by atoms with Crippen LogP contribution in [0.4, 0.5) is 4.39 Å². The first-order valence-corrected chi connectivity index (χ1v) is 7.01. The number of pyridine rings is 1. The zero-order chi connectivity index (χ0) is 13.8. The van der Waals surface area contributed by atoms with Gasteiger partial charge >= 0.3 is 0 Å². The van der Waals surface area contributed by atoms with Crippen molar-refractivity contribution >= 4 is 15.9 Å². The molecule has 2 nitrogen and oxygen atoms in total. The van der Waals surface area contributed by atoms with Gasteiger partial charge in [0.05, 0.1) is 6.04 Å². The minimum Gasteiger partial charge on any atom is -0.309 e. The van der Waals surface area contributed by atoms with Crippen molar-refractivity contribution in [2.24, 2.45) is 0 Å². The van der Waals surface area contributed by atoms with Gasteiger partial charge in [0.15, 0.2) is 0 Å². The van der Waals surface area contributed by atoms with Gasteiger partial charge in [0.1, 0.15) is 5.82 Å². The maximum absolute atomic E-state index is 14.1. The monoisotopic (exact) mass is 322 g/mol. The maximum atomic E-state index is 14.1. The van der Waals surface area contributed by atoms with Crippen molar-refractivity contribution in [2.75, 3.05) is 7.05 Å². The van der Waals surface area contributed by atoms with Crippen molar-refractivity contribution in [2.45, 2.75) is 19.4 Å². The molecule has 19 heavy (non-hydrogen) atoms. The van der Waals surface area contributed by atoms with Gasteiger partial charge in [0.25, 0.3) is 0 Å². The lowest BCUT2D eigenvalue weighted by molar-refractivity contribution is 0.573. The number of aryl methyl sites for hydroxylation is 1. The molecule has 0 fully saturated rings. The van der Waals surface area contributed by atoms with Crippen LogP contribution < -0.4 is 5.32 Å². The smallest absolute Gasteiger partial charge is 0.128 e. The predicted octanol–water partition coefficient (Wildman–Crippen LogP) is 3.85. The van der Waals surface area contributed by atoms with Crippen molar-refractivity contribution in [1.29, 1.82) is 0 Å². The first-order chi connectivity index (χ1) is 9.17. The highest BCUT2D eigenvalue weighted by molar-refractivity contribution is 9.10. The third kappa shape index (κ3) is 3.01. The van der Waals surface area contributed by atoms with Gasteiger partial charge in [-0.25, -0.2) is 4.39 Å². The fraction of sp³-hybridized carbons (Fsp3) is 0.267. The lowest BCUT2D eigenvalue weighted by Gasteiger charge is -2.20. The van der Waals surface area contributed by atoms with Crippen LogP contribution in [0.15, 0.2) is 41.1 Å². The third-order valence-corrected chi connectivity index (χ3v) is 3.68. The van der Waals surface area contributed by atoms with Crippen molar-refractivity contribution in [3.8, 4) is 0 Å². The molecule has 1 heterocycles. The summed E-state index contributed by atoms with van der Waals surface area (Å²) < 4.78 is 14.9. The van der Waals surface area contributed by atoms with Crippen LogP contribution >= 0.6 is 15.9 Å². The highest BCUT2D eigenvalue weighted by Gasteiger charge is 2.18. The van der Waals surface area contributed by atoms with Crippen LogP contribution in [0.5, 0.6) is 0 Å². The average Bonchev–Trinajstić information content (AvgIpc) is 2.44. The molecule has 0 aliphatic rings. The quantitative estimate of drug-likeness (QED) is 0.924. The molecule has 1 aromatic heterocycles. The van der Waals surface area contributed by atoms with Gasteiger partial charge in [0, 0.05) is 22.4 Å². The normalized spacial score (nSPS) is 12.4. The van der Waals surface area contributed by atoms with E-state index in [4.69, 9.17) is 0 Å². The van der Waals surface area contributed by atoms with E-state index in [9.17, 15) is 4.39 Å². The van der Waals surface area contributed by atoms with Gasteiger partial charge in [-0.05, 0) is 48.9 Å². The molecule has 0 radical (unpaired) electrons. The van der Waals surface area contributed by atoms with Crippen molar-refractivity contribution < 1.29 is 4.39 Å². The van der Waals surface area contributed by atoms with Gasteiger partial charge in [-0.2, -0.15) is 0 Å². The summed E-state index contributed by atoms with van der Waals surface area (Å²) >= 11 is 3.40. The Morgan fingerprint density at radius 1 is 1.32 bits per heavy atom. The Labute approximate surface area is 121 Å². The summed E-state index contributed by atoms with van der Waals surface area (Å²) in [5, 5.41) is 3.19. The molecule has 0 saturated heterocycles. The summed E-state index contributed by atoms with van der Waals surface area (Å²) in [7, 11) is 1.84. The number of nitrogens with one attached hydrogen (secondary N) is 1. The van der Waals surface area contributed by atoms with Crippen molar-refractivity contribution in [3.05, 3.63) is 63.6 Å². The van der Waals surface area contributed by atoms with Gasteiger partial charge in [-0.3, -0.25) is 4.98 Å². The highest BCUT2D eigenvalue weighted by Crippen LogP contribution is 2.28. The van der Waals surface area contributed by atoms with Gasteiger partial charge in [0.2, 0.25) is 0 Å². The predicted molar refractivity (Wildman–Crippen MR) is 78.6 cm³/mol. The minimum absolute atomic E-state index is 0.171. The van der Waals surface area contributed by atoms with Crippen LogP contribution in [0.25, 0.3) is 0 Å². The van der Waals surface area contributed by atoms with E-state index in [1.807, 2.05) is 25.4 Å². The molecular weight excluding hydrogens is 307 g/mol. The first-order valence-electron chi connectivity index (χ1n) is 6.22.